The minimum atomic E-state index is -0.104. The molecule has 4 heterocycles. The van der Waals surface area contributed by atoms with Crippen molar-refractivity contribution < 1.29 is 9.32 Å². The molecular weight excluding hydrogens is 318 g/mol. The molecule has 1 fully saturated rings. The molecule has 1 atom stereocenters. The normalized spacial score (nSPS) is 17.6. The number of pyridine rings is 1. The Morgan fingerprint density at radius 1 is 1.36 bits per heavy atom. The molecule has 0 radical (unpaired) electrons. The fraction of sp³-hybridized carbons (Fsp3) is 0.333. The minimum Gasteiger partial charge on any atom is -0.355 e. The van der Waals surface area contributed by atoms with E-state index in [9.17, 15) is 4.79 Å². The molecule has 7 heteroatoms. The molecule has 0 aromatic carbocycles. The summed E-state index contributed by atoms with van der Waals surface area (Å²) in [5, 5.41) is 8.34. The smallest absolute Gasteiger partial charge is 0.276 e. The number of carbonyl (C=O) groups is 1. The van der Waals surface area contributed by atoms with Crippen LogP contribution in [0.4, 0.5) is 0 Å². The average Bonchev–Trinajstić information content (AvgIpc) is 3.31. The van der Waals surface area contributed by atoms with Crippen LogP contribution in [0.1, 0.15) is 34.9 Å². The fourth-order valence-electron chi connectivity index (χ4n) is 3.17. The molecule has 0 bridgehead atoms. The lowest BCUT2D eigenvalue weighted by atomic mass is 10.1. The van der Waals surface area contributed by atoms with Gasteiger partial charge in [-0.1, -0.05) is 5.16 Å². The second kappa shape index (κ2) is 6.51. The van der Waals surface area contributed by atoms with Gasteiger partial charge in [0.15, 0.2) is 11.5 Å². The first-order valence-corrected chi connectivity index (χ1v) is 8.38. The Morgan fingerprint density at radius 2 is 2.28 bits per heavy atom. The summed E-state index contributed by atoms with van der Waals surface area (Å²) in [6, 6.07) is 5.58. The van der Waals surface area contributed by atoms with Gasteiger partial charge in [0, 0.05) is 43.3 Å². The van der Waals surface area contributed by atoms with Crippen molar-refractivity contribution in [2.24, 2.45) is 0 Å². The summed E-state index contributed by atoms with van der Waals surface area (Å²) < 4.78 is 7.28. The van der Waals surface area contributed by atoms with Gasteiger partial charge >= 0.3 is 0 Å². The maximum absolute atomic E-state index is 12.8. The van der Waals surface area contributed by atoms with Gasteiger partial charge in [-0.15, -0.1) is 0 Å². The fourth-order valence-corrected chi connectivity index (χ4v) is 3.17. The third-order valence-electron chi connectivity index (χ3n) is 4.46. The lowest BCUT2D eigenvalue weighted by Gasteiger charge is -2.32. The Hall–Kier alpha value is -2.96. The number of hydrogen-bond donors (Lipinski definition) is 0. The summed E-state index contributed by atoms with van der Waals surface area (Å²) in [5.74, 6) is 0.445. The van der Waals surface area contributed by atoms with Crippen LogP contribution in [-0.2, 0) is 0 Å². The number of aromatic nitrogens is 4. The molecule has 1 amide bonds. The Morgan fingerprint density at radius 3 is 3.04 bits per heavy atom. The molecule has 7 nitrogen and oxygen atoms in total. The van der Waals surface area contributed by atoms with Crippen LogP contribution in [0.2, 0.25) is 0 Å². The number of likely N-dealkylation sites (tertiary alicyclic amines) is 1. The van der Waals surface area contributed by atoms with Crippen LogP contribution in [-0.4, -0.2) is 43.8 Å². The number of piperidine rings is 1. The van der Waals surface area contributed by atoms with Crippen molar-refractivity contribution in [1.29, 1.82) is 0 Å². The third-order valence-corrected chi connectivity index (χ3v) is 4.46. The number of hydrogen-bond acceptors (Lipinski definition) is 5. The molecule has 3 aromatic heterocycles. The molecule has 0 unspecified atom stereocenters. The van der Waals surface area contributed by atoms with E-state index in [4.69, 9.17) is 4.52 Å². The van der Waals surface area contributed by atoms with Crippen LogP contribution in [0.3, 0.4) is 0 Å². The predicted molar refractivity (Wildman–Crippen MR) is 90.9 cm³/mol. The molecule has 0 spiro atoms. The van der Waals surface area contributed by atoms with Gasteiger partial charge in [0.25, 0.3) is 5.91 Å². The predicted octanol–water partition coefficient (Wildman–Crippen LogP) is 2.72. The van der Waals surface area contributed by atoms with Gasteiger partial charge in [-0.25, -0.2) is 0 Å². The third kappa shape index (κ3) is 3.17. The molecule has 1 saturated heterocycles. The van der Waals surface area contributed by atoms with E-state index in [2.05, 4.69) is 15.2 Å². The number of rotatable bonds is 3. The molecule has 0 saturated carbocycles. The lowest BCUT2D eigenvalue weighted by Crippen LogP contribution is -2.41. The highest BCUT2D eigenvalue weighted by molar-refractivity contribution is 5.93. The summed E-state index contributed by atoms with van der Waals surface area (Å²) in [6.45, 7) is 3.38. The molecule has 0 aliphatic carbocycles. The Bertz CT molecular complexity index is 870. The van der Waals surface area contributed by atoms with Crippen LogP contribution in [0, 0.1) is 6.92 Å². The second-order valence-corrected chi connectivity index (χ2v) is 6.36. The van der Waals surface area contributed by atoms with Crippen molar-refractivity contribution in [2.75, 3.05) is 13.1 Å². The maximum atomic E-state index is 12.8. The van der Waals surface area contributed by atoms with Crippen LogP contribution in [0.5, 0.6) is 0 Å². The van der Waals surface area contributed by atoms with E-state index in [1.165, 1.54) is 0 Å². The summed E-state index contributed by atoms with van der Waals surface area (Å²) in [6.07, 6.45) is 9.21. The highest BCUT2D eigenvalue weighted by atomic mass is 16.5. The van der Waals surface area contributed by atoms with E-state index in [0.29, 0.717) is 18.0 Å². The second-order valence-electron chi connectivity index (χ2n) is 6.36. The lowest BCUT2D eigenvalue weighted by molar-refractivity contribution is 0.0662. The van der Waals surface area contributed by atoms with Crippen molar-refractivity contribution in [2.45, 2.75) is 25.8 Å². The minimum absolute atomic E-state index is 0.104. The molecular formula is C18H19N5O2. The van der Waals surface area contributed by atoms with Crippen LogP contribution in [0.25, 0.3) is 11.3 Å². The zero-order valence-corrected chi connectivity index (χ0v) is 14.0. The van der Waals surface area contributed by atoms with Crippen molar-refractivity contribution in [3.8, 4) is 11.3 Å². The van der Waals surface area contributed by atoms with Gasteiger partial charge in [0.05, 0.1) is 12.2 Å². The highest BCUT2D eigenvalue weighted by Gasteiger charge is 2.27. The first-order chi connectivity index (χ1) is 12.2. The van der Waals surface area contributed by atoms with Gasteiger partial charge in [-0.2, -0.15) is 5.10 Å². The molecule has 3 aromatic rings. The van der Waals surface area contributed by atoms with Crippen LogP contribution in [0.15, 0.2) is 47.5 Å². The summed E-state index contributed by atoms with van der Waals surface area (Å²) in [4.78, 5) is 18.7. The molecule has 25 heavy (non-hydrogen) atoms. The standard InChI is InChI=1S/C18H19N5O2/c1-13-9-20-23(11-13)15-5-3-7-22(12-15)18(24)16-8-17(25-21-16)14-4-2-6-19-10-14/h2,4,6,8-11,15H,3,5,7,12H2,1H3/t15-/m0/s1. The Labute approximate surface area is 145 Å². The Balaban J connectivity index is 1.50. The van der Waals surface area contributed by atoms with Gasteiger partial charge < -0.3 is 9.42 Å². The van der Waals surface area contributed by atoms with E-state index >= 15 is 0 Å². The number of amides is 1. The van der Waals surface area contributed by atoms with Crippen molar-refractivity contribution >= 4 is 5.91 Å². The first kappa shape index (κ1) is 15.6. The molecule has 128 valence electrons. The quantitative estimate of drug-likeness (QED) is 0.734. The first-order valence-electron chi connectivity index (χ1n) is 8.38. The molecule has 0 N–H and O–H groups in total. The molecule has 1 aliphatic heterocycles. The van der Waals surface area contributed by atoms with E-state index in [1.807, 2.05) is 41.0 Å². The number of aryl methyl sites for hydroxylation is 1. The van der Waals surface area contributed by atoms with Gasteiger partial charge in [0.1, 0.15) is 0 Å². The van der Waals surface area contributed by atoms with E-state index < -0.39 is 0 Å². The largest absolute Gasteiger partial charge is 0.355 e. The zero-order chi connectivity index (χ0) is 17.2. The van der Waals surface area contributed by atoms with Crippen molar-refractivity contribution in [3.63, 3.8) is 0 Å². The van der Waals surface area contributed by atoms with Gasteiger partial charge in [-0.05, 0) is 37.5 Å². The van der Waals surface area contributed by atoms with E-state index in [1.54, 1.807) is 18.5 Å². The zero-order valence-electron chi connectivity index (χ0n) is 14.0. The van der Waals surface area contributed by atoms with Crippen LogP contribution < -0.4 is 0 Å². The molecule has 4 rings (SSSR count). The highest BCUT2D eigenvalue weighted by Crippen LogP contribution is 2.24. The average molecular weight is 337 g/mol. The van der Waals surface area contributed by atoms with Gasteiger partial charge in [0.2, 0.25) is 0 Å². The van der Waals surface area contributed by atoms with Crippen molar-refractivity contribution in [3.05, 3.63) is 54.2 Å². The number of carbonyl (C=O) groups excluding carboxylic acids is 1. The van der Waals surface area contributed by atoms with Gasteiger partial charge in [-0.3, -0.25) is 14.5 Å². The SMILES string of the molecule is Cc1cnn([C@H]2CCCN(C(=O)c3cc(-c4cccnc4)on3)C2)c1. The Kier molecular flexibility index (Phi) is 4.05. The van der Waals surface area contributed by atoms with Crippen LogP contribution >= 0.6 is 0 Å². The van der Waals surface area contributed by atoms with Crippen molar-refractivity contribution in [1.82, 2.24) is 24.8 Å². The van der Waals surface area contributed by atoms with E-state index in [0.717, 1.165) is 30.5 Å². The summed E-state index contributed by atoms with van der Waals surface area (Å²) in [7, 11) is 0. The monoisotopic (exact) mass is 337 g/mol. The molecule has 1 aliphatic rings. The maximum Gasteiger partial charge on any atom is 0.276 e. The topological polar surface area (TPSA) is 77.0 Å². The van der Waals surface area contributed by atoms with E-state index in [-0.39, 0.29) is 11.9 Å². The summed E-state index contributed by atoms with van der Waals surface area (Å²) in [5.41, 5.74) is 2.26. The number of nitrogens with zero attached hydrogens (tertiary/aromatic N) is 5. The summed E-state index contributed by atoms with van der Waals surface area (Å²) >= 11 is 0.